The van der Waals surface area contributed by atoms with Crippen LogP contribution in [0.15, 0.2) is 30.9 Å². The molecule has 0 saturated heterocycles. The molecule has 0 spiro atoms. The molecule has 1 N–H and O–H groups in total. The molecule has 1 aromatic carbocycles. The minimum absolute atomic E-state index is 0.169. The van der Waals surface area contributed by atoms with Gasteiger partial charge in [-0.2, -0.15) is 0 Å². The second-order valence-corrected chi connectivity index (χ2v) is 3.10. The minimum atomic E-state index is -0.313. The summed E-state index contributed by atoms with van der Waals surface area (Å²) in [6.45, 7) is 3.61. The van der Waals surface area contributed by atoms with Gasteiger partial charge in [0.1, 0.15) is 5.82 Å². The zero-order valence-electron chi connectivity index (χ0n) is 7.35. The third-order valence-electron chi connectivity index (χ3n) is 1.84. The standard InChI is InChI=1S/C10H11ClFN/c1-3-10(13-2)8-5-4-7(11)6-9(8)12/h3-6,10,13H,1H2,2H3. The molecule has 0 bridgehead atoms. The van der Waals surface area contributed by atoms with Gasteiger partial charge in [0, 0.05) is 10.6 Å². The van der Waals surface area contributed by atoms with Crippen LogP contribution in [0.3, 0.4) is 0 Å². The molecule has 1 unspecified atom stereocenters. The van der Waals surface area contributed by atoms with Gasteiger partial charge in [0.15, 0.2) is 0 Å². The predicted molar refractivity (Wildman–Crippen MR) is 53.4 cm³/mol. The lowest BCUT2D eigenvalue weighted by Gasteiger charge is -2.12. The highest BCUT2D eigenvalue weighted by molar-refractivity contribution is 6.30. The van der Waals surface area contributed by atoms with Crippen LogP contribution in [0.5, 0.6) is 0 Å². The van der Waals surface area contributed by atoms with Gasteiger partial charge in [0.2, 0.25) is 0 Å². The molecular formula is C10H11ClFN. The molecule has 0 aliphatic carbocycles. The fourth-order valence-electron chi connectivity index (χ4n) is 1.15. The van der Waals surface area contributed by atoms with E-state index in [1.807, 2.05) is 0 Å². The Kier molecular flexibility index (Phi) is 3.46. The van der Waals surface area contributed by atoms with E-state index >= 15 is 0 Å². The molecule has 0 aliphatic heterocycles. The van der Waals surface area contributed by atoms with Crippen LogP contribution in [-0.4, -0.2) is 7.05 Å². The van der Waals surface area contributed by atoms with Crippen molar-refractivity contribution in [2.24, 2.45) is 0 Å². The second kappa shape index (κ2) is 4.40. The highest BCUT2D eigenvalue weighted by atomic mass is 35.5. The van der Waals surface area contributed by atoms with Crippen molar-refractivity contribution < 1.29 is 4.39 Å². The van der Waals surface area contributed by atoms with E-state index in [-0.39, 0.29) is 11.9 Å². The molecule has 1 rings (SSSR count). The third kappa shape index (κ3) is 2.29. The Morgan fingerprint density at radius 2 is 2.31 bits per heavy atom. The first kappa shape index (κ1) is 10.2. The largest absolute Gasteiger partial charge is 0.310 e. The van der Waals surface area contributed by atoms with Crippen molar-refractivity contribution in [3.05, 3.63) is 47.3 Å². The van der Waals surface area contributed by atoms with E-state index < -0.39 is 0 Å². The van der Waals surface area contributed by atoms with Crippen molar-refractivity contribution in [3.8, 4) is 0 Å². The van der Waals surface area contributed by atoms with Crippen LogP contribution in [-0.2, 0) is 0 Å². The summed E-state index contributed by atoms with van der Waals surface area (Å²) in [5.74, 6) is -0.313. The van der Waals surface area contributed by atoms with Crippen LogP contribution >= 0.6 is 11.6 Å². The summed E-state index contributed by atoms with van der Waals surface area (Å²) in [5.41, 5.74) is 0.557. The molecular weight excluding hydrogens is 189 g/mol. The van der Waals surface area contributed by atoms with Gasteiger partial charge in [-0.05, 0) is 19.2 Å². The van der Waals surface area contributed by atoms with Gasteiger partial charge < -0.3 is 5.32 Å². The Balaban J connectivity index is 3.06. The molecule has 13 heavy (non-hydrogen) atoms. The molecule has 0 heterocycles. The minimum Gasteiger partial charge on any atom is -0.310 e. The summed E-state index contributed by atoms with van der Waals surface area (Å²) in [6.07, 6.45) is 1.65. The Morgan fingerprint density at radius 1 is 1.62 bits per heavy atom. The number of hydrogen-bond donors (Lipinski definition) is 1. The lowest BCUT2D eigenvalue weighted by Crippen LogP contribution is -2.14. The maximum absolute atomic E-state index is 13.3. The predicted octanol–water partition coefficient (Wildman–Crippen LogP) is 2.93. The highest BCUT2D eigenvalue weighted by Gasteiger charge is 2.09. The first-order valence-electron chi connectivity index (χ1n) is 3.93. The first-order chi connectivity index (χ1) is 6.19. The van der Waals surface area contributed by atoms with E-state index in [0.717, 1.165) is 0 Å². The van der Waals surface area contributed by atoms with Gasteiger partial charge in [0.25, 0.3) is 0 Å². The van der Waals surface area contributed by atoms with Gasteiger partial charge in [-0.25, -0.2) is 4.39 Å². The maximum Gasteiger partial charge on any atom is 0.129 e. The van der Waals surface area contributed by atoms with Crippen LogP contribution in [0.1, 0.15) is 11.6 Å². The molecule has 0 aliphatic rings. The molecule has 0 saturated carbocycles. The lowest BCUT2D eigenvalue weighted by atomic mass is 10.1. The van der Waals surface area contributed by atoms with E-state index in [9.17, 15) is 4.39 Å². The van der Waals surface area contributed by atoms with Gasteiger partial charge in [0.05, 0.1) is 6.04 Å². The monoisotopic (exact) mass is 199 g/mol. The van der Waals surface area contributed by atoms with Crippen molar-refractivity contribution in [1.29, 1.82) is 0 Å². The van der Waals surface area contributed by atoms with Crippen LogP contribution < -0.4 is 5.32 Å². The number of likely N-dealkylation sites (N-methyl/N-ethyl adjacent to an activating group) is 1. The van der Waals surface area contributed by atoms with Gasteiger partial charge in [-0.3, -0.25) is 0 Å². The number of hydrogen-bond acceptors (Lipinski definition) is 1. The Labute approximate surface area is 82.2 Å². The number of halogens is 2. The second-order valence-electron chi connectivity index (χ2n) is 2.67. The smallest absolute Gasteiger partial charge is 0.129 e. The maximum atomic E-state index is 13.3. The van der Waals surface area contributed by atoms with Crippen molar-refractivity contribution in [1.82, 2.24) is 5.32 Å². The van der Waals surface area contributed by atoms with Crippen LogP contribution in [0, 0.1) is 5.82 Å². The number of nitrogens with one attached hydrogen (secondary N) is 1. The van der Waals surface area contributed by atoms with E-state index in [1.54, 1.807) is 25.3 Å². The molecule has 0 radical (unpaired) electrons. The van der Waals surface area contributed by atoms with Crippen LogP contribution in [0.2, 0.25) is 5.02 Å². The summed E-state index contributed by atoms with van der Waals surface area (Å²) in [6, 6.07) is 4.44. The molecule has 70 valence electrons. The van der Waals surface area contributed by atoms with Crippen LogP contribution in [0.25, 0.3) is 0 Å². The summed E-state index contributed by atoms with van der Waals surface area (Å²) in [4.78, 5) is 0. The fraction of sp³-hybridized carbons (Fsp3) is 0.200. The van der Waals surface area contributed by atoms with Crippen molar-refractivity contribution in [3.63, 3.8) is 0 Å². The van der Waals surface area contributed by atoms with E-state index in [0.29, 0.717) is 10.6 Å². The molecule has 0 amide bonds. The molecule has 0 fully saturated rings. The average molecular weight is 200 g/mol. The highest BCUT2D eigenvalue weighted by Crippen LogP contribution is 2.20. The van der Waals surface area contributed by atoms with Crippen molar-refractivity contribution in [2.45, 2.75) is 6.04 Å². The summed E-state index contributed by atoms with van der Waals surface area (Å²) >= 11 is 5.62. The topological polar surface area (TPSA) is 12.0 Å². The Hall–Kier alpha value is -0.860. The fourth-order valence-corrected chi connectivity index (χ4v) is 1.31. The normalized spacial score (nSPS) is 12.5. The van der Waals surface area contributed by atoms with E-state index in [2.05, 4.69) is 11.9 Å². The van der Waals surface area contributed by atoms with Gasteiger partial charge in [-0.1, -0.05) is 23.7 Å². The first-order valence-corrected chi connectivity index (χ1v) is 4.31. The molecule has 1 aromatic rings. The number of rotatable bonds is 3. The summed E-state index contributed by atoms with van der Waals surface area (Å²) < 4.78 is 13.3. The molecule has 1 atom stereocenters. The lowest BCUT2D eigenvalue weighted by molar-refractivity contribution is 0.582. The molecule has 0 aromatic heterocycles. The summed E-state index contributed by atoms with van der Waals surface area (Å²) in [7, 11) is 1.75. The zero-order chi connectivity index (χ0) is 9.84. The van der Waals surface area contributed by atoms with E-state index in [4.69, 9.17) is 11.6 Å². The Morgan fingerprint density at radius 3 is 2.77 bits per heavy atom. The average Bonchev–Trinajstić information content (AvgIpc) is 2.10. The van der Waals surface area contributed by atoms with E-state index in [1.165, 1.54) is 6.07 Å². The molecule has 3 heteroatoms. The van der Waals surface area contributed by atoms with Gasteiger partial charge >= 0.3 is 0 Å². The molecule has 1 nitrogen and oxygen atoms in total. The van der Waals surface area contributed by atoms with Gasteiger partial charge in [-0.15, -0.1) is 6.58 Å². The third-order valence-corrected chi connectivity index (χ3v) is 2.08. The quantitative estimate of drug-likeness (QED) is 0.739. The van der Waals surface area contributed by atoms with Crippen molar-refractivity contribution >= 4 is 11.6 Å². The SMILES string of the molecule is C=CC(NC)c1ccc(Cl)cc1F. The van der Waals surface area contributed by atoms with Crippen LogP contribution in [0.4, 0.5) is 4.39 Å². The summed E-state index contributed by atoms with van der Waals surface area (Å²) in [5, 5.41) is 3.33. The number of benzene rings is 1. The Bertz CT molecular complexity index is 312. The van der Waals surface area contributed by atoms with Crippen molar-refractivity contribution in [2.75, 3.05) is 7.05 Å². The zero-order valence-corrected chi connectivity index (χ0v) is 8.11.